The Kier molecular flexibility index (Phi) is 5.15. The van der Waals surface area contributed by atoms with E-state index in [4.69, 9.17) is 5.73 Å². The summed E-state index contributed by atoms with van der Waals surface area (Å²) in [5.41, 5.74) is 8.57. The number of nitrogens with zero attached hydrogens (tertiary/aromatic N) is 4. The fourth-order valence-electron chi connectivity index (χ4n) is 2.76. The Balaban J connectivity index is 0.00000176. The van der Waals surface area contributed by atoms with Crippen molar-refractivity contribution in [2.75, 3.05) is 13.1 Å². The van der Waals surface area contributed by atoms with Gasteiger partial charge in [-0.3, -0.25) is 4.79 Å². The van der Waals surface area contributed by atoms with Crippen molar-refractivity contribution >= 4 is 18.3 Å². The lowest BCUT2D eigenvalue weighted by molar-refractivity contribution is 0.0708. The number of hydrogen-bond donors (Lipinski definition) is 1. The zero-order valence-electron chi connectivity index (χ0n) is 12.5. The smallest absolute Gasteiger partial charge is 0.253 e. The average molecular weight is 322 g/mol. The van der Waals surface area contributed by atoms with Gasteiger partial charge in [0.05, 0.1) is 5.69 Å². The molecule has 0 saturated carbocycles. The number of piperidine rings is 1. The molecule has 1 aliphatic rings. The Hall–Kier alpha value is -1.92. The van der Waals surface area contributed by atoms with E-state index in [9.17, 15) is 4.79 Å². The van der Waals surface area contributed by atoms with Gasteiger partial charge in [-0.25, -0.2) is 9.67 Å². The normalized spacial score (nSPS) is 17.9. The first-order valence-electron chi connectivity index (χ1n) is 7.15. The number of halogens is 1. The van der Waals surface area contributed by atoms with Gasteiger partial charge in [0.1, 0.15) is 12.7 Å². The SMILES string of the molecule is Cc1cc(C(=O)N2CCCC(N)C2)ccc1-n1cncn1.Cl. The first-order valence-corrected chi connectivity index (χ1v) is 7.15. The third-order valence-electron chi connectivity index (χ3n) is 3.85. The molecule has 1 aromatic carbocycles. The van der Waals surface area contributed by atoms with Crippen LogP contribution in [0.2, 0.25) is 0 Å². The van der Waals surface area contributed by atoms with E-state index in [2.05, 4.69) is 10.1 Å². The Morgan fingerprint density at radius 3 is 2.86 bits per heavy atom. The van der Waals surface area contributed by atoms with Crippen LogP contribution in [-0.2, 0) is 0 Å². The van der Waals surface area contributed by atoms with E-state index in [1.54, 1.807) is 11.0 Å². The third-order valence-corrected chi connectivity index (χ3v) is 3.85. The molecule has 1 amide bonds. The van der Waals surface area contributed by atoms with E-state index < -0.39 is 0 Å². The first kappa shape index (κ1) is 16.5. The number of carbonyl (C=O) groups excluding carboxylic acids is 1. The molecular formula is C15H20ClN5O. The van der Waals surface area contributed by atoms with Crippen molar-refractivity contribution in [2.45, 2.75) is 25.8 Å². The van der Waals surface area contributed by atoms with Crippen molar-refractivity contribution in [3.05, 3.63) is 42.0 Å². The summed E-state index contributed by atoms with van der Waals surface area (Å²) < 4.78 is 1.69. The number of nitrogens with two attached hydrogens (primary N) is 1. The van der Waals surface area contributed by atoms with Crippen LogP contribution in [0.4, 0.5) is 0 Å². The van der Waals surface area contributed by atoms with Crippen LogP contribution < -0.4 is 5.73 Å². The van der Waals surface area contributed by atoms with Crippen LogP contribution in [0.25, 0.3) is 5.69 Å². The van der Waals surface area contributed by atoms with E-state index >= 15 is 0 Å². The van der Waals surface area contributed by atoms with Gasteiger partial charge in [0.15, 0.2) is 0 Å². The Morgan fingerprint density at radius 1 is 1.41 bits per heavy atom. The fourth-order valence-corrected chi connectivity index (χ4v) is 2.76. The molecule has 1 fully saturated rings. The molecule has 0 radical (unpaired) electrons. The Morgan fingerprint density at radius 2 is 2.23 bits per heavy atom. The summed E-state index contributed by atoms with van der Waals surface area (Å²) in [6.07, 6.45) is 5.11. The first-order chi connectivity index (χ1) is 10.1. The molecule has 0 bridgehead atoms. The molecule has 118 valence electrons. The minimum Gasteiger partial charge on any atom is -0.337 e. The monoisotopic (exact) mass is 321 g/mol. The third kappa shape index (κ3) is 3.28. The highest BCUT2D eigenvalue weighted by molar-refractivity contribution is 5.94. The summed E-state index contributed by atoms with van der Waals surface area (Å²) in [4.78, 5) is 18.3. The van der Waals surface area contributed by atoms with Gasteiger partial charge in [-0.2, -0.15) is 5.10 Å². The molecule has 1 aliphatic heterocycles. The van der Waals surface area contributed by atoms with Gasteiger partial charge in [0.25, 0.3) is 5.91 Å². The molecule has 2 N–H and O–H groups in total. The minimum atomic E-state index is 0. The Labute approximate surface area is 135 Å². The van der Waals surface area contributed by atoms with Crippen LogP contribution in [0, 0.1) is 6.92 Å². The fraction of sp³-hybridized carbons (Fsp3) is 0.400. The average Bonchev–Trinajstić information content (AvgIpc) is 3.00. The molecule has 7 heteroatoms. The van der Waals surface area contributed by atoms with Crippen molar-refractivity contribution in [3.63, 3.8) is 0 Å². The highest BCUT2D eigenvalue weighted by Gasteiger charge is 2.22. The summed E-state index contributed by atoms with van der Waals surface area (Å²) in [7, 11) is 0. The lowest BCUT2D eigenvalue weighted by Crippen LogP contribution is -2.45. The molecule has 1 unspecified atom stereocenters. The number of rotatable bonds is 2. The van der Waals surface area contributed by atoms with Crippen molar-refractivity contribution in [1.29, 1.82) is 0 Å². The maximum atomic E-state index is 12.5. The van der Waals surface area contributed by atoms with Crippen LogP contribution in [0.5, 0.6) is 0 Å². The van der Waals surface area contributed by atoms with Gasteiger partial charge < -0.3 is 10.6 Å². The second-order valence-corrected chi connectivity index (χ2v) is 5.49. The van der Waals surface area contributed by atoms with Crippen molar-refractivity contribution < 1.29 is 4.79 Å². The molecule has 22 heavy (non-hydrogen) atoms. The van der Waals surface area contributed by atoms with Gasteiger partial charge in [0.2, 0.25) is 0 Å². The maximum absolute atomic E-state index is 12.5. The zero-order valence-corrected chi connectivity index (χ0v) is 13.3. The number of aromatic nitrogens is 3. The lowest BCUT2D eigenvalue weighted by Gasteiger charge is -2.31. The quantitative estimate of drug-likeness (QED) is 0.910. The largest absolute Gasteiger partial charge is 0.337 e. The Bertz CT molecular complexity index is 643. The highest BCUT2D eigenvalue weighted by Crippen LogP contribution is 2.18. The molecule has 1 atom stereocenters. The van der Waals surface area contributed by atoms with E-state index in [-0.39, 0.29) is 24.4 Å². The number of benzene rings is 1. The summed E-state index contributed by atoms with van der Waals surface area (Å²) in [6, 6.07) is 5.74. The van der Waals surface area contributed by atoms with Crippen molar-refractivity contribution in [1.82, 2.24) is 19.7 Å². The van der Waals surface area contributed by atoms with Crippen molar-refractivity contribution in [2.24, 2.45) is 5.73 Å². The van der Waals surface area contributed by atoms with Crippen LogP contribution >= 0.6 is 12.4 Å². The second kappa shape index (κ2) is 6.89. The van der Waals surface area contributed by atoms with E-state index in [1.165, 1.54) is 6.33 Å². The molecule has 0 aliphatic carbocycles. The molecule has 3 rings (SSSR count). The lowest BCUT2D eigenvalue weighted by atomic mass is 10.0. The zero-order chi connectivity index (χ0) is 14.8. The van der Waals surface area contributed by atoms with Crippen molar-refractivity contribution in [3.8, 4) is 5.69 Å². The molecule has 1 saturated heterocycles. The van der Waals surface area contributed by atoms with Gasteiger partial charge >= 0.3 is 0 Å². The second-order valence-electron chi connectivity index (χ2n) is 5.49. The number of amides is 1. The highest BCUT2D eigenvalue weighted by atomic mass is 35.5. The predicted molar refractivity (Wildman–Crippen MR) is 86.5 cm³/mol. The summed E-state index contributed by atoms with van der Waals surface area (Å²) in [6.45, 7) is 3.40. The van der Waals surface area contributed by atoms with Crippen LogP contribution in [0.1, 0.15) is 28.8 Å². The predicted octanol–water partition coefficient (Wildman–Crippen LogP) is 1.56. The topological polar surface area (TPSA) is 77.0 Å². The molecule has 2 heterocycles. The number of likely N-dealkylation sites (tertiary alicyclic amines) is 1. The van der Waals surface area contributed by atoms with Crippen LogP contribution in [-0.4, -0.2) is 44.7 Å². The molecular weight excluding hydrogens is 302 g/mol. The number of carbonyl (C=O) groups is 1. The molecule has 1 aromatic heterocycles. The molecule has 2 aromatic rings. The van der Waals surface area contributed by atoms with Gasteiger partial charge in [-0.15, -0.1) is 12.4 Å². The molecule has 6 nitrogen and oxygen atoms in total. The van der Waals surface area contributed by atoms with Gasteiger partial charge in [-0.1, -0.05) is 0 Å². The van der Waals surface area contributed by atoms with E-state index in [0.29, 0.717) is 12.1 Å². The van der Waals surface area contributed by atoms with E-state index in [1.807, 2.05) is 30.0 Å². The standard InChI is InChI=1S/C15H19N5O.ClH/c1-11-7-12(4-5-14(11)20-10-17-9-18-20)15(21)19-6-2-3-13(16)8-19;/h4-5,7,9-10,13H,2-3,6,8,16H2,1H3;1H. The number of hydrogen-bond acceptors (Lipinski definition) is 4. The molecule has 0 spiro atoms. The van der Waals surface area contributed by atoms with Gasteiger partial charge in [0, 0.05) is 24.7 Å². The maximum Gasteiger partial charge on any atom is 0.253 e. The summed E-state index contributed by atoms with van der Waals surface area (Å²) in [5.74, 6) is 0.0541. The van der Waals surface area contributed by atoms with Crippen LogP contribution in [0.3, 0.4) is 0 Å². The summed E-state index contributed by atoms with van der Waals surface area (Å²) in [5, 5.41) is 4.12. The minimum absolute atomic E-state index is 0. The number of aryl methyl sites for hydroxylation is 1. The van der Waals surface area contributed by atoms with E-state index in [0.717, 1.165) is 30.6 Å². The van der Waals surface area contributed by atoms with Crippen LogP contribution in [0.15, 0.2) is 30.9 Å². The summed E-state index contributed by atoms with van der Waals surface area (Å²) >= 11 is 0. The van der Waals surface area contributed by atoms with Gasteiger partial charge in [-0.05, 0) is 43.5 Å².